The first-order valence-corrected chi connectivity index (χ1v) is 7.85. The standard InChI is InChI=1S/C16H26N2O2S/c1-3-19-11-9-18(10-12-20-4-2)13-14-7-5-6-8-15(14)16(17)21/h5-8H,3-4,9-13H2,1-2H3,(H2,17,21). The number of rotatable bonds is 11. The number of hydrogen-bond donors (Lipinski definition) is 1. The van der Waals surface area contributed by atoms with Crippen LogP contribution in [0, 0.1) is 0 Å². The Morgan fingerprint density at radius 1 is 1.10 bits per heavy atom. The van der Waals surface area contributed by atoms with E-state index < -0.39 is 0 Å². The number of nitrogens with zero attached hydrogens (tertiary/aromatic N) is 1. The van der Waals surface area contributed by atoms with Gasteiger partial charge < -0.3 is 15.2 Å². The van der Waals surface area contributed by atoms with Crippen molar-refractivity contribution in [1.29, 1.82) is 0 Å². The van der Waals surface area contributed by atoms with Crippen molar-refractivity contribution in [2.45, 2.75) is 20.4 Å². The molecule has 0 amide bonds. The van der Waals surface area contributed by atoms with Crippen molar-refractivity contribution in [3.8, 4) is 0 Å². The van der Waals surface area contributed by atoms with Gasteiger partial charge in [-0.2, -0.15) is 0 Å². The minimum atomic E-state index is 0.445. The van der Waals surface area contributed by atoms with Crippen LogP contribution >= 0.6 is 12.2 Å². The highest BCUT2D eigenvalue weighted by Crippen LogP contribution is 2.12. The van der Waals surface area contributed by atoms with Crippen molar-refractivity contribution in [3.05, 3.63) is 35.4 Å². The third-order valence-corrected chi connectivity index (χ3v) is 3.41. The highest BCUT2D eigenvalue weighted by molar-refractivity contribution is 7.80. The minimum Gasteiger partial charge on any atom is -0.389 e. The fourth-order valence-electron chi connectivity index (χ4n) is 2.09. The first kappa shape index (κ1) is 18.0. The summed E-state index contributed by atoms with van der Waals surface area (Å²) in [6, 6.07) is 8.02. The van der Waals surface area contributed by atoms with Crippen LogP contribution in [-0.2, 0) is 16.0 Å². The van der Waals surface area contributed by atoms with Crippen molar-refractivity contribution in [3.63, 3.8) is 0 Å². The van der Waals surface area contributed by atoms with Crippen LogP contribution in [0.4, 0.5) is 0 Å². The lowest BCUT2D eigenvalue weighted by atomic mass is 10.1. The molecule has 1 aromatic carbocycles. The number of nitrogens with two attached hydrogens (primary N) is 1. The molecule has 0 bridgehead atoms. The Bertz CT molecular complexity index is 416. The summed E-state index contributed by atoms with van der Waals surface area (Å²) >= 11 is 5.12. The molecule has 0 unspecified atom stereocenters. The summed E-state index contributed by atoms with van der Waals surface area (Å²) in [4.78, 5) is 2.75. The van der Waals surface area contributed by atoms with Gasteiger partial charge in [0.2, 0.25) is 0 Å². The minimum absolute atomic E-state index is 0.445. The van der Waals surface area contributed by atoms with Crippen LogP contribution in [0.2, 0.25) is 0 Å². The van der Waals surface area contributed by atoms with Crippen LogP contribution < -0.4 is 5.73 Å². The predicted octanol–water partition coefficient (Wildman–Crippen LogP) is 2.20. The monoisotopic (exact) mass is 310 g/mol. The first-order valence-electron chi connectivity index (χ1n) is 7.44. The normalized spacial score (nSPS) is 11.0. The zero-order valence-corrected chi connectivity index (χ0v) is 13.8. The summed E-state index contributed by atoms with van der Waals surface area (Å²) < 4.78 is 10.9. The number of thiocarbonyl (C=S) groups is 1. The molecule has 21 heavy (non-hydrogen) atoms. The second-order valence-electron chi connectivity index (χ2n) is 4.69. The molecule has 5 heteroatoms. The highest BCUT2D eigenvalue weighted by atomic mass is 32.1. The summed E-state index contributed by atoms with van der Waals surface area (Å²) in [5, 5.41) is 0. The van der Waals surface area contributed by atoms with E-state index in [1.165, 1.54) is 0 Å². The fourth-order valence-corrected chi connectivity index (χ4v) is 2.28. The van der Waals surface area contributed by atoms with Gasteiger partial charge in [0.15, 0.2) is 0 Å². The van der Waals surface area contributed by atoms with Crippen molar-refractivity contribution in [2.75, 3.05) is 39.5 Å². The Morgan fingerprint density at radius 3 is 2.19 bits per heavy atom. The molecule has 0 atom stereocenters. The topological polar surface area (TPSA) is 47.7 Å². The number of hydrogen-bond acceptors (Lipinski definition) is 4. The molecule has 0 aliphatic heterocycles. The Hall–Kier alpha value is -1.01. The van der Waals surface area contributed by atoms with Gasteiger partial charge >= 0.3 is 0 Å². The van der Waals surface area contributed by atoms with Gasteiger partial charge in [-0.25, -0.2) is 0 Å². The second-order valence-corrected chi connectivity index (χ2v) is 5.13. The Balaban J connectivity index is 2.67. The maximum absolute atomic E-state index is 5.80. The lowest BCUT2D eigenvalue weighted by molar-refractivity contribution is 0.0797. The summed E-state index contributed by atoms with van der Waals surface area (Å²) in [5.41, 5.74) is 7.90. The summed E-state index contributed by atoms with van der Waals surface area (Å²) in [6.45, 7) is 9.47. The van der Waals surface area contributed by atoms with Crippen LogP contribution in [0.3, 0.4) is 0 Å². The lowest BCUT2D eigenvalue weighted by Crippen LogP contribution is -2.31. The van der Waals surface area contributed by atoms with Crippen molar-refractivity contribution < 1.29 is 9.47 Å². The molecule has 0 aliphatic carbocycles. The van der Waals surface area contributed by atoms with E-state index >= 15 is 0 Å². The van der Waals surface area contributed by atoms with Gasteiger partial charge in [0.1, 0.15) is 4.99 Å². The quantitative estimate of drug-likeness (QED) is 0.501. The van der Waals surface area contributed by atoms with E-state index in [-0.39, 0.29) is 0 Å². The van der Waals surface area contributed by atoms with E-state index in [4.69, 9.17) is 27.4 Å². The van der Waals surface area contributed by atoms with Gasteiger partial charge in [0.05, 0.1) is 13.2 Å². The van der Waals surface area contributed by atoms with Crippen LogP contribution in [0.5, 0.6) is 0 Å². The highest BCUT2D eigenvalue weighted by Gasteiger charge is 2.10. The zero-order valence-electron chi connectivity index (χ0n) is 13.0. The van der Waals surface area contributed by atoms with Gasteiger partial charge in [-0.3, -0.25) is 4.90 Å². The summed E-state index contributed by atoms with van der Waals surface area (Å²) in [7, 11) is 0. The summed E-state index contributed by atoms with van der Waals surface area (Å²) in [6.07, 6.45) is 0. The van der Waals surface area contributed by atoms with E-state index in [0.29, 0.717) is 4.99 Å². The second kappa shape index (κ2) is 10.7. The Labute approximate surface area is 133 Å². The van der Waals surface area contributed by atoms with Gasteiger partial charge in [0, 0.05) is 38.4 Å². The molecule has 0 heterocycles. The Kier molecular flexibility index (Phi) is 9.17. The third kappa shape index (κ3) is 7.00. The summed E-state index contributed by atoms with van der Waals surface area (Å²) in [5.74, 6) is 0. The molecule has 118 valence electrons. The molecular formula is C16H26N2O2S. The maximum Gasteiger partial charge on any atom is 0.104 e. The van der Waals surface area contributed by atoms with Crippen molar-refractivity contribution >= 4 is 17.2 Å². The van der Waals surface area contributed by atoms with Crippen LogP contribution in [0.25, 0.3) is 0 Å². The van der Waals surface area contributed by atoms with E-state index in [1.54, 1.807) is 0 Å². The fraction of sp³-hybridized carbons (Fsp3) is 0.562. The third-order valence-electron chi connectivity index (χ3n) is 3.19. The van der Waals surface area contributed by atoms with E-state index in [0.717, 1.165) is 57.2 Å². The van der Waals surface area contributed by atoms with Gasteiger partial charge in [-0.1, -0.05) is 36.5 Å². The zero-order chi connectivity index (χ0) is 15.5. The van der Waals surface area contributed by atoms with E-state index in [2.05, 4.69) is 11.0 Å². The molecule has 2 N–H and O–H groups in total. The van der Waals surface area contributed by atoms with Gasteiger partial charge in [-0.15, -0.1) is 0 Å². The average Bonchev–Trinajstić information content (AvgIpc) is 2.48. The van der Waals surface area contributed by atoms with E-state index in [1.807, 2.05) is 32.0 Å². The largest absolute Gasteiger partial charge is 0.389 e. The van der Waals surface area contributed by atoms with Crippen LogP contribution in [0.15, 0.2) is 24.3 Å². The Morgan fingerprint density at radius 2 is 1.67 bits per heavy atom. The molecule has 0 spiro atoms. The smallest absolute Gasteiger partial charge is 0.104 e. The van der Waals surface area contributed by atoms with Gasteiger partial charge in [-0.05, 0) is 19.4 Å². The predicted molar refractivity (Wildman–Crippen MR) is 90.6 cm³/mol. The molecule has 0 radical (unpaired) electrons. The maximum atomic E-state index is 5.80. The average molecular weight is 310 g/mol. The SMILES string of the molecule is CCOCCN(CCOCC)Cc1ccccc1C(N)=S. The van der Waals surface area contributed by atoms with Crippen LogP contribution in [0.1, 0.15) is 25.0 Å². The lowest BCUT2D eigenvalue weighted by Gasteiger charge is -2.23. The molecule has 1 rings (SSSR count). The number of benzene rings is 1. The molecule has 0 saturated carbocycles. The molecular weight excluding hydrogens is 284 g/mol. The molecule has 4 nitrogen and oxygen atoms in total. The molecule has 0 fully saturated rings. The van der Waals surface area contributed by atoms with Crippen molar-refractivity contribution in [1.82, 2.24) is 4.90 Å². The van der Waals surface area contributed by atoms with Gasteiger partial charge in [0.25, 0.3) is 0 Å². The van der Waals surface area contributed by atoms with E-state index in [9.17, 15) is 0 Å². The van der Waals surface area contributed by atoms with Crippen molar-refractivity contribution in [2.24, 2.45) is 5.73 Å². The number of ether oxygens (including phenoxy) is 2. The first-order chi connectivity index (χ1) is 10.2. The molecule has 0 aromatic heterocycles. The molecule has 1 aromatic rings. The molecule has 0 saturated heterocycles. The molecule has 0 aliphatic rings. The van der Waals surface area contributed by atoms with Crippen LogP contribution in [-0.4, -0.2) is 49.4 Å².